The van der Waals surface area contributed by atoms with Crippen LogP contribution in [0.1, 0.15) is 30.9 Å². The number of aryl methyl sites for hydroxylation is 1. The molecule has 2 amide bonds. The van der Waals surface area contributed by atoms with E-state index in [0.717, 1.165) is 17.7 Å². The number of nitrogens with zero attached hydrogens (tertiary/aromatic N) is 1. The summed E-state index contributed by atoms with van der Waals surface area (Å²) in [6.07, 6.45) is 2.31. The minimum atomic E-state index is -0.0596. The number of likely N-dealkylation sites (tertiary alicyclic amines) is 1. The molecule has 0 aliphatic carbocycles. The van der Waals surface area contributed by atoms with Gasteiger partial charge in [-0.05, 0) is 30.0 Å². The zero-order valence-electron chi connectivity index (χ0n) is 11.4. The van der Waals surface area contributed by atoms with Crippen LogP contribution < -0.4 is 4.74 Å². The van der Waals surface area contributed by atoms with Gasteiger partial charge in [-0.1, -0.05) is 19.1 Å². The van der Waals surface area contributed by atoms with Gasteiger partial charge in [0, 0.05) is 19.4 Å². The van der Waals surface area contributed by atoms with Crippen LogP contribution in [0.25, 0.3) is 0 Å². The summed E-state index contributed by atoms with van der Waals surface area (Å²) in [4.78, 5) is 24.5. The highest BCUT2D eigenvalue weighted by molar-refractivity contribution is 6.01. The van der Waals surface area contributed by atoms with E-state index >= 15 is 0 Å². The van der Waals surface area contributed by atoms with Crippen LogP contribution in [0.4, 0.5) is 0 Å². The Labute approximate surface area is 113 Å². The molecule has 0 atom stereocenters. The van der Waals surface area contributed by atoms with Gasteiger partial charge in [-0.25, -0.2) is 0 Å². The van der Waals surface area contributed by atoms with Crippen LogP contribution in [0.2, 0.25) is 0 Å². The fraction of sp³-hybridized carbons (Fsp3) is 0.467. The van der Waals surface area contributed by atoms with Gasteiger partial charge in [-0.3, -0.25) is 14.5 Å². The van der Waals surface area contributed by atoms with Gasteiger partial charge in [-0.2, -0.15) is 0 Å². The van der Waals surface area contributed by atoms with E-state index in [0.29, 0.717) is 25.8 Å². The van der Waals surface area contributed by atoms with Crippen LogP contribution in [0.3, 0.4) is 0 Å². The van der Waals surface area contributed by atoms with Crippen LogP contribution in [0, 0.1) is 0 Å². The standard InChI is InChI=1S/C15H19NO3/c1-3-11-4-5-13(19-2)12(10-11)8-9-16-14(17)6-7-15(16)18/h4-5,10H,3,6-9H2,1-2H3. The molecule has 1 aromatic carbocycles. The van der Waals surface area contributed by atoms with E-state index in [2.05, 4.69) is 13.0 Å². The molecule has 1 heterocycles. The predicted octanol–water partition coefficient (Wildman–Crippen LogP) is 1.95. The third kappa shape index (κ3) is 2.95. The molecule has 0 radical (unpaired) electrons. The molecule has 0 spiro atoms. The van der Waals surface area contributed by atoms with Crippen molar-refractivity contribution >= 4 is 11.8 Å². The van der Waals surface area contributed by atoms with Crippen LogP contribution >= 0.6 is 0 Å². The van der Waals surface area contributed by atoms with Crippen molar-refractivity contribution in [3.63, 3.8) is 0 Å². The monoisotopic (exact) mass is 261 g/mol. The molecular formula is C15H19NO3. The SMILES string of the molecule is CCc1ccc(OC)c(CCN2C(=O)CCC2=O)c1. The Morgan fingerprint density at radius 2 is 1.89 bits per heavy atom. The fourth-order valence-electron chi connectivity index (χ4n) is 2.35. The van der Waals surface area contributed by atoms with E-state index < -0.39 is 0 Å². The van der Waals surface area contributed by atoms with Gasteiger partial charge in [-0.15, -0.1) is 0 Å². The normalized spacial score (nSPS) is 15.2. The summed E-state index contributed by atoms with van der Waals surface area (Å²) in [5, 5.41) is 0. The van der Waals surface area contributed by atoms with E-state index in [1.54, 1.807) is 7.11 Å². The number of carbonyl (C=O) groups excluding carboxylic acids is 2. The van der Waals surface area contributed by atoms with Gasteiger partial charge in [0.25, 0.3) is 0 Å². The van der Waals surface area contributed by atoms with E-state index in [9.17, 15) is 9.59 Å². The van der Waals surface area contributed by atoms with Crippen molar-refractivity contribution in [1.82, 2.24) is 4.90 Å². The Morgan fingerprint density at radius 3 is 2.47 bits per heavy atom. The summed E-state index contributed by atoms with van der Waals surface area (Å²) < 4.78 is 5.33. The highest BCUT2D eigenvalue weighted by Crippen LogP contribution is 2.22. The van der Waals surface area contributed by atoms with Crippen LogP contribution in [0.15, 0.2) is 18.2 Å². The second-order valence-electron chi connectivity index (χ2n) is 4.69. The zero-order valence-corrected chi connectivity index (χ0v) is 11.4. The highest BCUT2D eigenvalue weighted by atomic mass is 16.5. The maximum Gasteiger partial charge on any atom is 0.229 e. The molecule has 0 saturated carbocycles. The molecule has 4 nitrogen and oxygen atoms in total. The summed E-state index contributed by atoms with van der Waals surface area (Å²) in [5.74, 6) is 0.697. The Hall–Kier alpha value is -1.84. The van der Waals surface area contributed by atoms with Gasteiger partial charge < -0.3 is 4.74 Å². The van der Waals surface area contributed by atoms with Crippen molar-refractivity contribution < 1.29 is 14.3 Å². The van der Waals surface area contributed by atoms with Crippen molar-refractivity contribution in [3.05, 3.63) is 29.3 Å². The number of imide groups is 1. The van der Waals surface area contributed by atoms with Crippen LogP contribution in [-0.2, 0) is 22.4 Å². The number of methoxy groups -OCH3 is 1. The first-order valence-corrected chi connectivity index (χ1v) is 6.64. The van der Waals surface area contributed by atoms with Crippen molar-refractivity contribution in [1.29, 1.82) is 0 Å². The Bertz CT molecular complexity index is 480. The molecule has 1 aromatic rings. The van der Waals surface area contributed by atoms with Gasteiger partial charge in [0.2, 0.25) is 11.8 Å². The first-order chi connectivity index (χ1) is 9.15. The lowest BCUT2D eigenvalue weighted by Crippen LogP contribution is -2.31. The zero-order chi connectivity index (χ0) is 13.8. The first kappa shape index (κ1) is 13.6. The molecule has 1 saturated heterocycles. The molecule has 0 N–H and O–H groups in total. The number of rotatable bonds is 5. The molecule has 19 heavy (non-hydrogen) atoms. The minimum absolute atomic E-state index is 0.0596. The van der Waals surface area contributed by atoms with E-state index in [1.807, 2.05) is 12.1 Å². The molecule has 0 unspecified atom stereocenters. The fourth-order valence-corrected chi connectivity index (χ4v) is 2.35. The average Bonchev–Trinajstić information content (AvgIpc) is 2.75. The van der Waals surface area contributed by atoms with Crippen molar-refractivity contribution in [3.8, 4) is 5.75 Å². The maximum absolute atomic E-state index is 11.6. The Kier molecular flexibility index (Phi) is 4.20. The lowest BCUT2D eigenvalue weighted by molar-refractivity contribution is -0.138. The Morgan fingerprint density at radius 1 is 1.21 bits per heavy atom. The Balaban J connectivity index is 2.09. The highest BCUT2D eigenvalue weighted by Gasteiger charge is 2.28. The molecule has 0 bridgehead atoms. The largest absolute Gasteiger partial charge is 0.496 e. The number of ether oxygens (including phenoxy) is 1. The summed E-state index contributed by atoms with van der Waals surface area (Å²) in [7, 11) is 1.64. The third-order valence-corrected chi connectivity index (χ3v) is 3.51. The minimum Gasteiger partial charge on any atom is -0.496 e. The number of hydrogen-bond acceptors (Lipinski definition) is 3. The maximum atomic E-state index is 11.6. The molecule has 102 valence electrons. The lowest BCUT2D eigenvalue weighted by Gasteiger charge is -2.15. The summed E-state index contributed by atoms with van der Waals surface area (Å²) in [6, 6.07) is 6.07. The quantitative estimate of drug-likeness (QED) is 0.761. The molecule has 4 heteroatoms. The van der Waals surface area contributed by atoms with Crippen molar-refractivity contribution in [2.75, 3.05) is 13.7 Å². The summed E-state index contributed by atoms with van der Waals surface area (Å²) in [5.41, 5.74) is 2.28. The number of hydrogen-bond donors (Lipinski definition) is 0. The molecular weight excluding hydrogens is 242 g/mol. The van der Waals surface area contributed by atoms with Gasteiger partial charge >= 0.3 is 0 Å². The second-order valence-corrected chi connectivity index (χ2v) is 4.69. The predicted molar refractivity (Wildman–Crippen MR) is 72.0 cm³/mol. The molecule has 1 fully saturated rings. The number of benzene rings is 1. The van der Waals surface area contributed by atoms with E-state index in [-0.39, 0.29) is 11.8 Å². The smallest absolute Gasteiger partial charge is 0.229 e. The topological polar surface area (TPSA) is 46.6 Å². The van der Waals surface area contributed by atoms with Crippen molar-refractivity contribution in [2.24, 2.45) is 0 Å². The summed E-state index contributed by atoms with van der Waals surface area (Å²) in [6.45, 7) is 2.54. The summed E-state index contributed by atoms with van der Waals surface area (Å²) >= 11 is 0. The van der Waals surface area contributed by atoms with Crippen LogP contribution in [0.5, 0.6) is 5.75 Å². The molecule has 2 rings (SSSR count). The van der Waals surface area contributed by atoms with Crippen molar-refractivity contribution in [2.45, 2.75) is 32.6 Å². The molecule has 1 aliphatic rings. The van der Waals surface area contributed by atoms with Gasteiger partial charge in [0.15, 0.2) is 0 Å². The van der Waals surface area contributed by atoms with E-state index in [4.69, 9.17) is 4.74 Å². The molecule has 0 aromatic heterocycles. The lowest BCUT2D eigenvalue weighted by atomic mass is 10.0. The third-order valence-electron chi connectivity index (χ3n) is 3.51. The van der Waals surface area contributed by atoms with Gasteiger partial charge in [0.05, 0.1) is 7.11 Å². The number of carbonyl (C=O) groups is 2. The molecule has 1 aliphatic heterocycles. The van der Waals surface area contributed by atoms with E-state index in [1.165, 1.54) is 10.5 Å². The van der Waals surface area contributed by atoms with Crippen LogP contribution in [-0.4, -0.2) is 30.4 Å². The van der Waals surface area contributed by atoms with Gasteiger partial charge in [0.1, 0.15) is 5.75 Å². The number of amides is 2. The average molecular weight is 261 g/mol. The second kappa shape index (κ2) is 5.87. The first-order valence-electron chi connectivity index (χ1n) is 6.64.